The molecule has 1 radical (unpaired) electrons. The van der Waals surface area contributed by atoms with E-state index in [2.05, 4.69) is 17.5 Å². The summed E-state index contributed by atoms with van der Waals surface area (Å²) in [4.78, 5) is 0.713. The monoisotopic (exact) mass is 275 g/mol. The van der Waals surface area contributed by atoms with Gasteiger partial charge in [0.15, 0.2) is 0 Å². The first kappa shape index (κ1) is 9.75. The van der Waals surface area contributed by atoms with E-state index in [0.29, 0.717) is 4.99 Å². The molecule has 6 heavy (non-hydrogen) atoms. The number of thiocarbonyl (C=S) groups is 1. The molecule has 0 aromatic carbocycles. The van der Waals surface area contributed by atoms with Crippen molar-refractivity contribution in [2.45, 2.75) is 6.92 Å². The number of hydrogen-bond donors (Lipinski definition) is 0. The van der Waals surface area contributed by atoms with Gasteiger partial charge in [0, 0.05) is 20.4 Å². The molecule has 0 aliphatic heterocycles. The molecule has 0 heterocycles. The zero-order chi connectivity index (χ0) is 4.28. The maximum atomic E-state index is 4.53. The molecule has 0 aliphatic carbocycles. The van der Waals surface area contributed by atoms with E-state index in [9.17, 15) is 0 Å². The van der Waals surface area contributed by atoms with Gasteiger partial charge in [-0.1, -0.05) is 11.9 Å². The van der Waals surface area contributed by atoms with Crippen LogP contribution in [0.3, 0.4) is 0 Å². The molecule has 0 N–H and O–H groups in total. The average molecular weight is 274 g/mol. The van der Waals surface area contributed by atoms with E-state index in [-0.39, 0.29) is 20.4 Å². The molecular formula is C3H6NReS-. The number of rotatable bonds is 0. The molecular weight excluding hydrogens is 268 g/mol. The fraction of sp³-hybridized carbons (Fsp3) is 0.667. The second kappa shape index (κ2) is 5.55. The summed E-state index contributed by atoms with van der Waals surface area (Å²) in [6.07, 6.45) is 0. The van der Waals surface area contributed by atoms with Crippen LogP contribution in [0.1, 0.15) is 6.92 Å². The third-order valence-electron chi connectivity index (χ3n) is 0.315. The summed E-state index contributed by atoms with van der Waals surface area (Å²) in [5.41, 5.74) is 0. The van der Waals surface area contributed by atoms with E-state index in [1.54, 1.807) is 14.0 Å². The molecule has 0 aliphatic rings. The Hall–Kier alpha value is 0.552. The van der Waals surface area contributed by atoms with Crippen molar-refractivity contribution in [1.29, 1.82) is 0 Å². The van der Waals surface area contributed by atoms with E-state index < -0.39 is 0 Å². The van der Waals surface area contributed by atoms with Gasteiger partial charge in [0.2, 0.25) is 0 Å². The van der Waals surface area contributed by atoms with Crippen LogP contribution in [0.25, 0.3) is 5.32 Å². The minimum Gasteiger partial charge on any atom is -0.681 e. The van der Waals surface area contributed by atoms with Crippen LogP contribution in [0.2, 0.25) is 0 Å². The van der Waals surface area contributed by atoms with Crippen LogP contribution in [0, 0.1) is 0 Å². The summed E-state index contributed by atoms with van der Waals surface area (Å²) in [5.74, 6) is 0. The smallest absolute Gasteiger partial charge is 0 e. The van der Waals surface area contributed by atoms with Gasteiger partial charge < -0.3 is 5.32 Å². The van der Waals surface area contributed by atoms with Gasteiger partial charge in [0.05, 0.1) is 0 Å². The molecule has 0 amide bonds. The van der Waals surface area contributed by atoms with Gasteiger partial charge in [-0.25, -0.2) is 0 Å². The van der Waals surface area contributed by atoms with E-state index >= 15 is 0 Å². The molecule has 0 fully saturated rings. The second-order valence-electron chi connectivity index (χ2n) is 0.743. The summed E-state index contributed by atoms with van der Waals surface area (Å²) < 4.78 is 0. The molecule has 0 atom stereocenters. The third kappa shape index (κ3) is 8.82. The van der Waals surface area contributed by atoms with Crippen LogP contribution in [-0.4, -0.2) is 12.0 Å². The quantitative estimate of drug-likeness (QED) is 0.608. The Bertz CT molecular complexity index is 46.1. The first-order valence-electron chi connectivity index (χ1n) is 1.37. The van der Waals surface area contributed by atoms with Crippen molar-refractivity contribution in [3.8, 4) is 0 Å². The van der Waals surface area contributed by atoms with Crippen LogP contribution in [0.4, 0.5) is 0 Å². The topological polar surface area (TPSA) is 14.1 Å². The van der Waals surface area contributed by atoms with E-state index in [1.165, 1.54) is 0 Å². The predicted molar refractivity (Wildman–Crippen MR) is 27.6 cm³/mol. The van der Waals surface area contributed by atoms with Crippen LogP contribution >= 0.6 is 12.2 Å². The maximum absolute atomic E-state index is 4.53. The fourth-order valence-electron chi connectivity index (χ4n) is 0. The minimum atomic E-state index is 0. The Labute approximate surface area is 57.2 Å². The molecule has 3 heteroatoms. The Morgan fingerprint density at radius 3 is 1.83 bits per heavy atom. The fourth-order valence-corrected chi connectivity index (χ4v) is 0. The van der Waals surface area contributed by atoms with Crippen molar-refractivity contribution in [2.75, 3.05) is 7.05 Å². The molecule has 0 saturated heterocycles. The Morgan fingerprint density at radius 2 is 1.83 bits per heavy atom. The van der Waals surface area contributed by atoms with Gasteiger partial charge in [0.25, 0.3) is 0 Å². The van der Waals surface area contributed by atoms with Gasteiger partial charge in [0.1, 0.15) is 0 Å². The zero-order valence-electron chi connectivity index (χ0n) is 3.73. The van der Waals surface area contributed by atoms with Gasteiger partial charge >= 0.3 is 0 Å². The Balaban J connectivity index is 0. The Morgan fingerprint density at radius 1 is 1.67 bits per heavy atom. The largest absolute Gasteiger partial charge is 0.681 e. The molecule has 37 valence electrons. The van der Waals surface area contributed by atoms with Gasteiger partial charge in [-0.05, 0) is 0 Å². The van der Waals surface area contributed by atoms with Crippen molar-refractivity contribution in [3.05, 3.63) is 5.32 Å². The molecule has 0 spiro atoms. The van der Waals surface area contributed by atoms with Crippen molar-refractivity contribution in [2.24, 2.45) is 0 Å². The maximum Gasteiger partial charge on any atom is 0 e. The van der Waals surface area contributed by atoms with Gasteiger partial charge in [-0.3, -0.25) is 0 Å². The molecule has 0 aromatic heterocycles. The molecule has 0 aromatic rings. The van der Waals surface area contributed by atoms with Crippen molar-refractivity contribution in [1.82, 2.24) is 0 Å². The van der Waals surface area contributed by atoms with Crippen molar-refractivity contribution < 1.29 is 20.4 Å². The summed E-state index contributed by atoms with van der Waals surface area (Å²) in [5, 5.41) is 3.62. The van der Waals surface area contributed by atoms with Gasteiger partial charge in [-0.15, -0.1) is 19.3 Å². The average Bonchev–Trinajstić information content (AvgIpc) is 1.38. The number of hydrogen-bond acceptors (Lipinski definition) is 1. The molecule has 1 nitrogen and oxygen atoms in total. The minimum absolute atomic E-state index is 0. The predicted octanol–water partition coefficient (Wildman–Crippen LogP) is 1.33. The van der Waals surface area contributed by atoms with Crippen molar-refractivity contribution in [3.63, 3.8) is 0 Å². The number of nitrogens with zero attached hydrogens (tertiary/aromatic N) is 1. The molecule has 0 unspecified atom stereocenters. The first-order chi connectivity index (χ1) is 2.27. The van der Waals surface area contributed by atoms with E-state index in [0.717, 1.165) is 0 Å². The summed E-state index contributed by atoms with van der Waals surface area (Å²) in [7, 11) is 1.68. The van der Waals surface area contributed by atoms with Crippen LogP contribution in [0.5, 0.6) is 0 Å². The van der Waals surface area contributed by atoms with E-state index in [1.807, 2.05) is 0 Å². The van der Waals surface area contributed by atoms with E-state index in [4.69, 9.17) is 0 Å². The van der Waals surface area contributed by atoms with Crippen LogP contribution in [0.15, 0.2) is 0 Å². The summed E-state index contributed by atoms with van der Waals surface area (Å²) in [6, 6.07) is 0. The SMILES string of the molecule is C[N-]C(C)=S.[Re]. The summed E-state index contributed by atoms with van der Waals surface area (Å²) >= 11 is 4.53. The Kier molecular flexibility index (Phi) is 9.02. The standard InChI is InChI=1S/C3H7NS.Re/c1-3(5)4-2;/h1-2H3,(H,4,5);/p-1. The van der Waals surface area contributed by atoms with Gasteiger partial charge in [-0.2, -0.15) is 0 Å². The van der Waals surface area contributed by atoms with Crippen molar-refractivity contribution >= 4 is 17.2 Å². The zero-order valence-corrected chi connectivity index (χ0v) is 7.27. The molecule has 0 saturated carbocycles. The van der Waals surface area contributed by atoms with Crippen LogP contribution < -0.4 is 0 Å². The first-order valence-corrected chi connectivity index (χ1v) is 1.78. The molecule has 0 bridgehead atoms. The normalized spacial score (nSPS) is 5.67. The van der Waals surface area contributed by atoms with Crippen LogP contribution in [-0.2, 0) is 20.4 Å². The molecule has 0 rings (SSSR count). The second-order valence-corrected chi connectivity index (χ2v) is 1.33. The third-order valence-corrected chi connectivity index (χ3v) is 0.497. The summed E-state index contributed by atoms with van der Waals surface area (Å²) in [6.45, 7) is 1.79.